The number of hydrogen-bond donors (Lipinski definition) is 0. The fraction of sp³-hybridized carbons (Fsp3) is 0.233. The Morgan fingerprint density at radius 1 is 0.921 bits per heavy atom. The first-order chi connectivity index (χ1) is 18.5. The first-order valence-electron chi connectivity index (χ1n) is 12.5. The molecule has 38 heavy (non-hydrogen) atoms. The second kappa shape index (κ2) is 11.7. The largest absolute Gasteiger partial charge is 0.378 e. The molecule has 6 nitrogen and oxygen atoms in total. The van der Waals surface area contributed by atoms with Gasteiger partial charge in [0.1, 0.15) is 11.6 Å². The van der Waals surface area contributed by atoms with Crippen molar-refractivity contribution in [1.29, 1.82) is 0 Å². The maximum atomic E-state index is 14.7. The van der Waals surface area contributed by atoms with Crippen molar-refractivity contribution in [2.45, 2.75) is 13.0 Å². The van der Waals surface area contributed by atoms with E-state index in [-0.39, 0.29) is 18.3 Å². The SMILES string of the molecule is COCc1nc(-c2ccccc2)nc(N2CCN(C(=O)c3ccccc3Cl)CC2)c1Cc1ccccc1F. The minimum Gasteiger partial charge on any atom is -0.378 e. The van der Waals surface area contributed by atoms with Crippen molar-refractivity contribution in [3.05, 3.63) is 112 Å². The van der Waals surface area contributed by atoms with Gasteiger partial charge in [-0.05, 0) is 23.8 Å². The Kier molecular flexibility index (Phi) is 7.96. The number of carbonyl (C=O) groups is 1. The van der Waals surface area contributed by atoms with Gasteiger partial charge in [0, 0.05) is 50.8 Å². The molecule has 1 aromatic heterocycles. The summed E-state index contributed by atoms with van der Waals surface area (Å²) in [4.78, 5) is 26.9. The van der Waals surface area contributed by atoms with Gasteiger partial charge in [-0.25, -0.2) is 14.4 Å². The average Bonchev–Trinajstić information content (AvgIpc) is 2.95. The molecule has 1 saturated heterocycles. The predicted molar refractivity (Wildman–Crippen MR) is 147 cm³/mol. The van der Waals surface area contributed by atoms with Crippen LogP contribution in [0.15, 0.2) is 78.9 Å². The number of nitrogens with zero attached hydrogens (tertiary/aromatic N) is 4. The highest BCUT2D eigenvalue weighted by Crippen LogP contribution is 2.30. The van der Waals surface area contributed by atoms with Crippen LogP contribution >= 0.6 is 11.6 Å². The van der Waals surface area contributed by atoms with Crippen LogP contribution in [0, 0.1) is 5.82 Å². The molecule has 0 saturated carbocycles. The van der Waals surface area contributed by atoms with Crippen molar-refractivity contribution in [1.82, 2.24) is 14.9 Å². The summed E-state index contributed by atoms with van der Waals surface area (Å²) in [6.45, 7) is 2.42. The molecule has 5 rings (SSSR count). The van der Waals surface area contributed by atoms with Gasteiger partial charge in [-0.3, -0.25) is 4.79 Å². The Hall–Kier alpha value is -3.81. The molecular weight excluding hydrogens is 503 g/mol. The highest BCUT2D eigenvalue weighted by Gasteiger charge is 2.27. The van der Waals surface area contributed by atoms with E-state index < -0.39 is 0 Å². The number of aromatic nitrogens is 2. The molecule has 1 aliphatic heterocycles. The topological polar surface area (TPSA) is 58.6 Å². The summed E-state index contributed by atoms with van der Waals surface area (Å²) in [7, 11) is 1.62. The second-order valence-electron chi connectivity index (χ2n) is 9.12. The van der Waals surface area contributed by atoms with Crippen molar-refractivity contribution in [2.24, 2.45) is 0 Å². The Balaban J connectivity index is 1.50. The fourth-order valence-corrected chi connectivity index (χ4v) is 4.91. The van der Waals surface area contributed by atoms with Gasteiger partial charge < -0.3 is 14.5 Å². The van der Waals surface area contributed by atoms with Crippen LogP contribution in [0.1, 0.15) is 27.2 Å². The number of hydrogen-bond acceptors (Lipinski definition) is 5. The van der Waals surface area contributed by atoms with E-state index in [0.717, 1.165) is 16.9 Å². The molecule has 0 aliphatic carbocycles. The van der Waals surface area contributed by atoms with Gasteiger partial charge >= 0.3 is 0 Å². The molecule has 0 unspecified atom stereocenters. The lowest BCUT2D eigenvalue weighted by Crippen LogP contribution is -2.49. The number of carbonyl (C=O) groups excluding carboxylic acids is 1. The van der Waals surface area contributed by atoms with E-state index in [2.05, 4.69) is 4.90 Å². The number of anilines is 1. The number of piperazine rings is 1. The Bertz CT molecular complexity index is 1430. The van der Waals surface area contributed by atoms with Crippen LogP contribution < -0.4 is 4.90 Å². The van der Waals surface area contributed by atoms with E-state index >= 15 is 0 Å². The minimum absolute atomic E-state index is 0.0884. The third-order valence-electron chi connectivity index (χ3n) is 6.68. The monoisotopic (exact) mass is 530 g/mol. The van der Waals surface area contributed by atoms with Crippen LogP contribution in [-0.2, 0) is 17.8 Å². The van der Waals surface area contributed by atoms with Crippen LogP contribution in [0.3, 0.4) is 0 Å². The molecule has 1 aliphatic rings. The maximum absolute atomic E-state index is 14.7. The minimum atomic E-state index is -0.274. The summed E-state index contributed by atoms with van der Waals surface area (Å²) in [5.74, 6) is 0.956. The Morgan fingerprint density at radius 2 is 1.61 bits per heavy atom. The molecule has 3 aromatic carbocycles. The van der Waals surface area contributed by atoms with Crippen molar-refractivity contribution in [2.75, 3.05) is 38.2 Å². The number of methoxy groups -OCH3 is 1. The smallest absolute Gasteiger partial charge is 0.255 e. The molecule has 0 N–H and O–H groups in total. The average molecular weight is 531 g/mol. The standard InChI is InChI=1S/C30H28ClFN4O2/c1-38-20-27-24(19-22-11-5-8-14-26(22)32)29(34-28(33-27)21-9-3-2-4-10-21)35-15-17-36(18-16-35)30(37)23-12-6-7-13-25(23)31/h2-14H,15-20H2,1H3. The van der Waals surface area contributed by atoms with Crippen molar-refractivity contribution in [3.8, 4) is 11.4 Å². The highest BCUT2D eigenvalue weighted by molar-refractivity contribution is 6.33. The molecule has 2 heterocycles. The van der Waals surface area contributed by atoms with Gasteiger partial charge in [-0.2, -0.15) is 0 Å². The predicted octanol–water partition coefficient (Wildman–Crippen LogP) is 5.64. The van der Waals surface area contributed by atoms with Crippen LogP contribution in [0.25, 0.3) is 11.4 Å². The molecule has 1 amide bonds. The van der Waals surface area contributed by atoms with Crippen molar-refractivity contribution < 1.29 is 13.9 Å². The summed E-state index contributed by atoms with van der Waals surface area (Å²) in [5, 5.41) is 0.444. The first kappa shape index (κ1) is 25.8. The van der Waals surface area contributed by atoms with Gasteiger partial charge in [-0.1, -0.05) is 72.3 Å². The van der Waals surface area contributed by atoms with Gasteiger partial charge in [0.05, 0.1) is 22.9 Å². The quantitative estimate of drug-likeness (QED) is 0.310. The van der Waals surface area contributed by atoms with E-state index in [1.54, 1.807) is 31.4 Å². The lowest BCUT2D eigenvalue weighted by atomic mass is 10.0. The number of halogens is 2. The molecule has 1 fully saturated rings. The molecule has 4 aromatic rings. The zero-order valence-electron chi connectivity index (χ0n) is 21.1. The van der Waals surface area contributed by atoms with E-state index in [0.29, 0.717) is 60.3 Å². The van der Waals surface area contributed by atoms with Crippen LogP contribution in [-0.4, -0.2) is 54.1 Å². The molecule has 8 heteroatoms. The summed E-state index contributed by atoms with van der Waals surface area (Å²) in [5.41, 5.74) is 3.49. The van der Waals surface area contributed by atoms with Crippen molar-refractivity contribution in [3.63, 3.8) is 0 Å². The summed E-state index contributed by atoms with van der Waals surface area (Å²) in [6, 6.07) is 23.6. The lowest BCUT2D eigenvalue weighted by molar-refractivity contribution is 0.0746. The van der Waals surface area contributed by atoms with E-state index in [9.17, 15) is 9.18 Å². The molecule has 0 spiro atoms. The number of rotatable bonds is 7. The van der Waals surface area contributed by atoms with Crippen LogP contribution in [0.5, 0.6) is 0 Å². The maximum Gasteiger partial charge on any atom is 0.255 e. The third-order valence-corrected chi connectivity index (χ3v) is 7.01. The second-order valence-corrected chi connectivity index (χ2v) is 9.53. The third kappa shape index (κ3) is 5.54. The van der Waals surface area contributed by atoms with Gasteiger partial charge in [0.15, 0.2) is 5.82 Å². The molecule has 0 atom stereocenters. The number of ether oxygens (including phenoxy) is 1. The number of benzene rings is 3. The zero-order valence-corrected chi connectivity index (χ0v) is 21.9. The Morgan fingerprint density at radius 3 is 2.32 bits per heavy atom. The normalized spacial score (nSPS) is 13.6. The van der Waals surface area contributed by atoms with Gasteiger partial charge in [0.2, 0.25) is 0 Å². The summed E-state index contributed by atoms with van der Waals surface area (Å²) < 4.78 is 20.2. The lowest BCUT2D eigenvalue weighted by Gasteiger charge is -2.37. The highest BCUT2D eigenvalue weighted by atomic mass is 35.5. The van der Waals surface area contributed by atoms with E-state index in [1.165, 1.54) is 6.07 Å². The molecular formula is C30H28ClFN4O2. The number of amides is 1. The summed E-state index contributed by atoms with van der Waals surface area (Å²) >= 11 is 6.28. The van der Waals surface area contributed by atoms with E-state index in [4.69, 9.17) is 26.3 Å². The van der Waals surface area contributed by atoms with Crippen molar-refractivity contribution >= 4 is 23.3 Å². The molecule has 0 radical (unpaired) electrons. The fourth-order valence-electron chi connectivity index (χ4n) is 4.69. The summed E-state index contributed by atoms with van der Waals surface area (Å²) in [6.07, 6.45) is 0.328. The first-order valence-corrected chi connectivity index (χ1v) is 12.9. The molecule has 194 valence electrons. The van der Waals surface area contributed by atoms with E-state index in [1.807, 2.05) is 53.4 Å². The molecule has 0 bridgehead atoms. The zero-order chi connectivity index (χ0) is 26.5. The van der Waals surface area contributed by atoms with Crippen LogP contribution in [0.2, 0.25) is 5.02 Å². The van der Waals surface area contributed by atoms with Gasteiger partial charge in [0.25, 0.3) is 5.91 Å². The van der Waals surface area contributed by atoms with Gasteiger partial charge in [-0.15, -0.1) is 0 Å². The Labute approximate surface area is 226 Å². The van der Waals surface area contributed by atoms with Crippen LogP contribution in [0.4, 0.5) is 10.2 Å².